The maximum Gasteiger partial charge on any atom is 0.255 e. The van der Waals surface area contributed by atoms with Gasteiger partial charge in [0.15, 0.2) is 0 Å². The molecule has 1 fully saturated rings. The molecule has 2 N–H and O–H groups in total. The Kier molecular flexibility index (Phi) is 5.79. The van der Waals surface area contributed by atoms with Crippen LogP contribution in [0, 0.1) is 5.82 Å². The summed E-state index contributed by atoms with van der Waals surface area (Å²) in [5.74, 6) is 0.674. The molecule has 0 radical (unpaired) electrons. The fourth-order valence-corrected chi connectivity index (χ4v) is 3.86. The highest BCUT2D eigenvalue weighted by molar-refractivity contribution is 5.94. The van der Waals surface area contributed by atoms with Gasteiger partial charge in [-0.1, -0.05) is 12.1 Å². The third-order valence-electron chi connectivity index (χ3n) is 5.49. The summed E-state index contributed by atoms with van der Waals surface area (Å²) in [4.78, 5) is 30.0. The molecule has 1 atom stereocenters. The summed E-state index contributed by atoms with van der Waals surface area (Å²) in [6, 6.07) is 9.67. The van der Waals surface area contributed by atoms with E-state index < -0.39 is 0 Å². The van der Waals surface area contributed by atoms with E-state index in [9.17, 15) is 9.18 Å². The Morgan fingerprint density at radius 2 is 1.90 bits per heavy atom. The van der Waals surface area contributed by atoms with Gasteiger partial charge in [-0.3, -0.25) is 4.79 Å². The van der Waals surface area contributed by atoms with E-state index in [0.29, 0.717) is 30.4 Å². The van der Waals surface area contributed by atoms with Crippen molar-refractivity contribution < 1.29 is 9.18 Å². The van der Waals surface area contributed by atoms with Crippen molar-refractivity contribution in [2.24, 2.45) is 0 Å². The van der Waals surface area contributed by atoms with E-state index in [4.69, 9.17) is 10.7 Å². The van der Waals surface area contributed by atoms with Gasteiger partial charge in [0.05, 0.1) is 11.3 Å². The van der Waals surface area contributed by atoms with Crippen LogP contribution >= 0.6 is 0 Å². The first-order valence-electron chi connectivity index (χ1n) is 10.2. The van der Waals surface area contributed by atoms with Gasteiger partial charge in [-0.25, -0.2) is 19.3 Å². The number of carbonyl (C=O) groups is 1. The second kappa shape index (κ2) is 8.67. The number of nitrogens with zero attached hydrogens (tertiary/aromatic N) is 5. The Hall–Kier alpha value is -3.55. The van der Waals surface area contributed by atoms with E-state index in [1.807, 2.05) is 23.9 Å². The Morgan fingerprint density at radius 3 is 2.58 bits per heavy atom. The minimum absolute atomic E-state index is 0.0428. The van der Waals surface area contributed by atoms with E-state index in [1.165, 1.54) is 18.3 Å². The minimum atomic E-state index is -0.289. The van der Waals surface area contributed by atoms with Gasteiger partial charge >= 0.3 is 0 Å². The van der Waals surface area contributed by atoms with Crippen LogP contribution in [0.25, 0.3) is 11.1 Å². The molecule has 1 saturated heterocycles. The zero-order valence-corrected chi connectivity index (χ0v) is 17.6. The molecule has 2 aromatic heterocycles. The van der Waals surface area contributed by atoms with E-state index in [2.05, 4.69) is 9.97 Å². The van der Waals surface area contributed by atoms with Crippen molar-refractivity contribution in [3.63, 3.8) is 0 Å². The summed E-state index contributed by atoms with van der Waals surface area (Å²) in [6.45, 7) is 1.22. The number of aromatic nitrogens is 3. The smallest absolute Gasteiger partial charge is 0.255 e. The lowest BCUT2D eigenvalue weighted by molar-refractivity contribution is 0.0705. The quantitative estimate of drug-likeness (QED) is 0.696. The van der Waals surface area contributed by atoms with Gasteiger partial charge in [0.1, 0.15) is 11.6 Å². The maximum absolute atomic E-state index is 13.5. The number of piperidine rings is 1. The van der Waals surface area contributed by atoms with Crippen molar-refractivity contribution in [2.75, 3.05) is 37.8 Å². The summed E-state index contributed by atoms with van der Waals surface area (Å²) in [6.07, 6.45) is 5.07. The zero-order valence-electron chi connectivity index (χ0n) is 17.6. The number of likely N-dealkylation sites (tertiary alicyclic amines) is 1. The van der Waals surface area contributed by atoms with E-state index in [1.54, 1.807) is 30.5 Å². The Labute approximate surface area is 180 Å². The first kappa shape index (κ1) is 20.7. The number of nitrogens with two attached hydrogens (primary N) is 1. The molecule has 1 aliphatic heterocycles. The van der Waals surface area contributed by atoms with Crippen LogP contribution in [0.1, 0.15) is 34.8 Å². The SMILES string of the molecule is CN(C)c1ncc(-c2ccc(F)cc2)c(C2CCCN(C(=O)c3ccc(N)nc3)C2)n1. The first-order chi connectivity index (χ1) is 14.9. The van der Waals surface area contributed by atoms with Gasteiger partial charge in [0, 0.05) is 51.1 Å². The number of rotatable bonds is 4. The predicted molar refractivity (Wildman–Crippen MR) is 118 cm³/mol. The number of nitrogen functional groups attached to an aromatic ring is 1. The number of anilines is 2. The molecule has 0 bridgehead atoms. The van der Waals surface area contributed by atoms with Gasteiger partial charge in [-0.15, -0.1) is 0 Å². The van der Waals surface area contributed by atoms with Crippen LogP contribution in [0.3, 0.4) is 0 Å². The minimum Gasteiger partial charge on any atom is -0.384 e. The molecule has 0 saturated carbocycles. The molecule has 160 valence electrons. The number of amides is 1. The van der Waals surface area contributed by atoms with Crippen LogP contribution in [-0.4, -0.2) is 52.9 Å². The molecular weight excluding hydrogens is 395 g/mol. The third kappa shape index (κ3) is 4.47. The summed E-state index contributed by atoms with van der Waals surface area (Å²) in [5.41, 5.74) is 8.75. The van der Waals surface area contributed by atoms with Gasteiger partial charge in [0.2, 0.25) is 5.95 Å². The van der Waals surface area contributed by atoms with Crippen molar-refractivity contribution in [3.05, 3.63) is 65.9 Å². The lowest BCUT2D eigenvalue weighted by Gasteiger charge is -2.33. The number of pyridine rings is 1. The normalized spacial score (nSPS) is 16.2. The maximum atomic E-state index is 13.5. The highest BCUT2D eigenvalue weighted by Gasteiger charge is 2.29. The highest BCUT2D eigenvalue weighted by Crippen LogP contribution is 2.34. The second-order valence-electron chi connectivity index (χ2n) is 7.93. The van der Waals surface area contributed by atoms with Crippen LogP contribution in [-0.2, 0) is 0 Å². The second-order valence-corrected chi connectivity index (χ2v) is 7.93. The summed E-state index contributed by atoms with van der Waals surface area (Å²) < 4.78 is 13.5. The molecule has 4 rings (SSSR count). The fraction of sp³-hybridized carbons (Fsp3) is 0.304. The Morgan fingerprint density at radius 1 is 1.13 bits per heavy atom. The van der Waals surface area contributed by atoms with Crippen LogP contribution in [0.15, 0.2) is 48.8 Å². The number of carbonyl (C=O) groups excluding carboxylic acids is 1. The fourth-order valence-electron chi connectivity index (χ4n) is 3.86. The van der Waals surface area contributed by atoms with Crippen LogP contribution in [0.4, 0.5) is 16.2 Å². The molecule has 0 aliphatic carbocycles. The molecule has 1 aliphatic rings. The third-order valence-corrected chi connectivity index (χ3v) is 5.49. The summed E-state index contributed by atoms with van der Waals surface area (Å²) >= 11 is 0. The monoisotopic (exact) mass is 420 g/mol. The van der Waals surface area contributed by atoms with E-state index in [0.717, 1.165) is 29.7 Å². The topological polar surface area (TPSA) is 88.2 Å². The van der Waals surface area contributed by atoms with Crippen LogP contribution < -0.4 is 10.6 Å². The van der Waals surface area contributed by atoms with Crippen molar-refractivity contribution in [3.8, 4) is 11.1 Å². The zero-order chi connectivity index (χ0) is 22.0. The Balaban J connectivity index is 1.66. The predicted octanol–water partition coefficient (Wildman–Crippen LogP) is 3.35. The number of halogens is 1. The van der Waals surface area contributed by atoms with Crippen molar-refractivity contribution in [1.29, 1.82) is 0 Å². The van der Waals surface area contributed by atoms with Crippen LogP contribution in [0.5, 0.6) is 0 Å². The van der Waals surface area contributed by atoms with Gasteiger partial charge in [-0.05, 0) is 42.7 Å². The molecule has 1 amide bonds. The summed E-state index contributed by atoms with van der Waals surface area (Å²) in [7, 11) is 3.78. The highest BCUT2D eigenvalue weighted by atomic mass is 19.1. The molecule has 3 aromatic rings. The molecule has 0 spiro atoms. The molecule has 1 unspecified atom stereocenters. The number of hydrogen-bond acceptors (Lipinski definition) is 6. The van der Waals surface area contributed by atoms with E-state index >= 15 is 0 Å². The lowest BCUT2D eigenvalue weighted by Crippen LogP contribution is -2.39. The van der Waals surface area contributed by atoms with Crippen molar-refractivity contribution in [2.45, 2.75) is 18.8 Å². The molecule has 8 heteroatoms. The average Bonchev–Trinajstić information content (AvgIpc) is 2.79. The largest absolute Gasteiger partial charge is 0.384 e. The molecule has 31 heavy (non-hydrogen) atoms. The first-order valence-corrected chi connectivity index (χ1v) is 10.2. The lowest BCUT2D eigenvalue weighted by atomic mass is 9.89. The summed E-state index contributed by atoms with van der Waals surface area (Å²) in [5, 5.41) is 0. The van der Waals surface area contributed by atoms with Gasteiger partial charge in [0.25, 0.3) is 5.91 Å². The number of hydrogen-bond donors (Lipinski definition) is 1. The Bertz CT molecular complexity index is 1070. The van der Waals surface area contributed by atoms with E-state index in [-0.39, 0.29) is 17.6 Å². The molecule has 1 aromatic carbocycles. The van der Waals surface area contributed by atoms with Gasteiger partial charge in [-0.2, -0.15) is 0 Å². The number of benzene rings is 1. The average molecular weight is 420 g/mol. The van der Waals surface area contributed by atoms with Crippen molar-refractivity contribution in [1.82, 2.24) is 19.9 Å². The standard InChI is InChI=1S/C23H25FN6O/c1-29(2)23-27-13-19(15-5-8-18(24)9-6-15)21(28-23)17-4-3-11-30(14-17)22(31)16-7-10-20(25)26-12-16/h5-10,12-13,17H,3-4,11,14H2,1-2H3,(H2,25,26). The molecular formula is C23H25FN6O. The molecule has 3 heterocycles. The van der Waals surface area contributed by atoms with Crippen LogP contribution in [0.2, 0.25) is 0 Å². The van der Waals surface area contributed by atoms with Gasteiger partial charge < -0.3 is 15.5 Å². The van der Waals surface area contributed by atoms with Crippen molar-refractivity contribution >= 4 is 17.7 Å². The molecule has 7 nitrogen and oxygen atoms in total.